The van der Waals surface area contributed by atoms with Gasteiger partial charge in [-0.1, -0.05) is 0 Å². The number of hydrogen-bond acceptors (Lipinski definition) is 4. The lowest BCUT2D eigenvalue weighted by atomic mass is 9.99. The summed E-state index contributed by atoms with van der Waals surface area (Å²) < 4.78 is 31.9. The van der Waals surface area contributed by atoms with E-state index < -0.39 is 11.6 Å². The Balaban J connectivity index is 0.00000264. The van der Waals surface area contributed by atoms with Gasteiger partial charge >= 0.3 is 0 Å². The number of amides is 1. The summed E-state index contributed by atoms with van der Waals surface area (Å²) in [5, 5.41) is 2.40. The Morgan fingerprint density at radius 3 is 2.87 bits per heavy atom. The summed E-state index contributed by atoms with van der Waals surface area (Å²) in [6.07, 6.45) is 1.72. The van der Waals surface area contributed by atoms with Crippen LogP contribution in [-0.2, 0) is 9.53 Å². The van der Waals surface area contributed by atoms with E-state index >= 15 is 0 Å². The molecule has 1 saturated heterocycles. The number of halogens is 3. The summed E-state index contributed by atoms with van der Waals surface area (Å²) >= 11 is 0. The van der Waals surface area contributed by atoms with Gasteiger partial charge in [-0.2, -0.15) is 0 Å². The van der Waals surface area contributed by atoms with Crippen LogP contribution in [0.3, 0.4) is 0 Å². The average molecular weight is 350 g/mol. The number of ether oxygens (including phenoxy) is 1. The van der Waals surface area contributed by atoms with Gasteiger partial charge in [0.2, 0.25) is 5.91 Å². The van der Waals surface area contributed by atoms with Crippen LogP contribution in [0.15, 0.2) is 18.2 Å². The minimum Gasteiger partial charge on any atom is -0.381 e. The fraction of sp³-hybridized carbons (Fsp3) is 0.533. The SMILES string of the molecule is COC1CCN(CC(=O)Nc2cc(F)ccc2F)C(CN)C1.Cl. The zero-order valence-electron chi connectivity index (χ0n) is 12.9. The van der Waals surface area contributed by atoms with Crippen LogP contribution in [0, 0.1) is 11.6 Å². The summed E-state index contributed by atoms with van der Waals surface area (Å²) in [4.78, 5) is 14.0. The molecule has 1 aromatic carbocycles. The molecule has 0 aromatic heterocycles. The third kappa shape index (κ3) is 5.39. The highest BCUT2D eigenvalue weighted by Gasteiger charge is 2.28. The number of benzene rings is 1. The number of carbonyl (C=O) groups is 1. The molecule has 1 fully saturated rings. The molecule has 130 valence electrons. The maximum absolute atomic E-state index is 13.5. The lowest BCUT2D eigenvalue weighted by molar-refractivity contribution is -0.118. The molecule has 3 N–H and O–H groups in total. The molecule has 2 atom stereocenters. The standard InChI is InChI=1S/C15H21F2N3O2.ClH/c1-22-12-4-5-20(11(7-12)8-18)9-15(21)19-14-6-10(16)2-3-13(14)17;/h2-3,6,11-12H,4-5,7-9,18H2,1H3,(H,19,21);1H. The first-order chi connectivity index (χ1) is 10.5. The monoisotopic (exact) mass is 349 g/mol. The maximum atomic E-state index is 13.5. The Morgan fingerprint density at radius 2 is 2.22 bits per heavy atom. The summed E-state index contributed by atoms with van der Waals surface area (Å²) in [5.74, 6) is -1.65. The molecular formula is C15H22ClF2N3O2. The zero-order valence-corrected chi connectivity index (χ0v) is 13.7. The largest absolute Gasteiger partial charge is 0.381 e. The fourth-order valence-corrected chi connectivity index (χ4v) is 2.70. The van der Waals surface area contributed by atoms with Crippen LogP contribution in [0.5, 0.6) is 0 Å². The lowest BCUT2D eigenvalue weighted by Crippen LogP contribution is -2.51. The van der Waals surface area contributed by atoms with Crippen molar-refractivity contribution in [1.29, 1.82) is 0 Å². The van der Waals surface area contributed by atoms with E-state index in [1.165, 1.54) is 0 Å². The fourth-order valence-electron chi connectivity index (χ4n) is 2.70. The lowest BCUT2D eigenvalue weighted by Gasteiger charge is -2.37. The van der Waals surface area contributed by atoms with Gasteiger partial charge in [0, 0.05) is 32.3 Å². The van der Waals surface area contributed by atoms with Gasteiger partial charge in [-0.05, 0) is 25.0 Å². The normalized spacial score (nSPS) is 21.6. The Bertz CT molecular complexity index is 533. The van der Waals surface area contributed by atoms with Gasteiger partial charge in [-0.15, -0.1) is 12.4 Å². The molecule has 8 heteroatoms. The zero-order chi connectivity index (χ0) is 16.1. The highest BCUT2D eigenvalue weighted by Crippen LogP contribution is 2.20. The molecule has 2 unspecified atom stereocenters. The van der Waals surface area contributed by atoms with Crippen molar-refractivity contribution in [2.24, 2.45) is 5.73 Å². The number of nitrogens with one attached hydrogen (secondary N) is 1. The molecule has 0 bridgehead atoms. The van der Waals surface area contributed by atoms with E-state index in [-0.39, 0.29) is 42.7 Å². The molecule has 0 aliphatic carbocycles. The molecule has 23 heavy (non-hydrogen) atoms. The van der Waals surface area contributed by atoms with Crippen molar-refractivity contribution in [2.45, 2.75) is 25.0 Å². The van der Waals surface area contributed by atoms with Gasteiger partial charge in [0.05, 0.1) is 18.3 Å². The topological polar surface area (TPSA) is 67.6 Å². The minimum absolute atomic E-state index is 0. The molecule has 1 aliphatic heterocycles. The molecule has 1 heterocycles. The Kier molecular flexibility index (Phi) is 7.84. The number of nitrogens with two attached hydrogens (primary N) is 1. The summed E-state index contributed by atoms with van der Waals surface area (Å²) in [5.41, 5.74) is 5.59. The molecule has 0 saturated carbocycles. The summed E-state index contributed by atoms with van der Waals surface area (Å²) in [6, 6.07) is 3.00. The van der Waals surface area contributed by atoms with Crippen molar-refractivity contribution < 1.29 is 18.3 Å². The Hall–Kier alpha value is -1.28. The van der Waals surface area contributed by atoms with Gasteiger partial charge in [0.25, 0.3) is 0 Å². The molecule has 1 amide bonds. The number of rotatable bonds is 5. The van der Waals surface area contributed by atoms with Crippen molar-refractivity contribution in [3.8, 4) is 0 Å². The van der Waals surface area contributed by atoms with Crippen LogP contribution in [0.25, 0.3) is 0 Å². The highest BCUT2D eigenvalue weighted by atomic mass is 35.5. The van der Waals surface area contributed by atoms with E-state index in [1.54, 1.807) is 7.11 Å². The van der Waals surface area contributed by atoms with Gasteiger partial charge in [0.15, 0.2) is 0 Å². The molecule has 2 rings (SSSR count). The number of hydrogen-bond donors (Lipinski definition) is 2. The number of piperidine rings is 1. The number of methoxy groups -OCH3 is 1. The van der Waals surface area contributed by atoms with Crippen molar-refractivity contribution in [2.75, 3.05) is 32.1 Å². The second-order valence-electron chi connectivity index (χ2n) is 5.41. The van der Waals surface area contributed by atoms with Gasteiger partial charge in [-0.3, -0.25) is 9.69 Å². The van der Waals surface area contributed by atoms with Crippen LogP contribution >= 0.6 is 12.4 Å². The highest BCUT2D eigenvalue weighted by molar-refractivity contribution is 5.92. The molecule has 0 spiro atoms. The molecule has 1 aliphatic rings. The van der Waals surface area contributed by atoms with E-state index in [0.717, 1.165) is 31.0 Å². The molecule has 5 nitrogen and oxygen atoms in total. The third-order valence-electron chi connectivity index (χ3n) is 3.94. The number of nitrogens with zero attached hydrogens (tertiary/aromatic N) is 1. The van der Waals surface area contributed by atoms with Crippen LogP contribution in [0.2, 0.25) is 0 Å². The number of anilines is 1. The van der Waals surface area contributed by atoms with E-state index in [0.29, 0.717) is 13.1 Å². The van der Waals surface area contributed by atoms with E-state index in [4.69, 9.17) is 10.5 Å². The average Bonchev–Trinajstić information content (AvgIpc) is 2.51. The summed E-state index contributed by atoms with van der Waals surface area (Å²) in [6.45, 7) is 1.19. The van der Waals surface area contributed by atoms with E-state index in [9.17, 15) is 13.6 Å². The van der Waals surface area contributed by atoms with Gasteiger partial charge < -0.3 is 15.8 Å². The third-order valence-corrected chi connectivity index (χ3v) is 3.94. The summed E-state index contributed by atoms with van der Waals surface area (Å²) in [7, 11) is 1.66. The maximum Gasteiger partial charge on any atom is 0.238 e. The van der Waals surface area contributed by atoms with Crippen molar-refractivity contribution in [1.82, 2.24) is 4.90 Å². The number of likely N-dealkylation sites (tertiary alicyclic amines) is 1. The first-order valence-electron chi connectivity index (χ1n) is 7.25. The van der Waals surface area contributed by atoms with Gasteiger partial charge in [0.1, 0.15) is 11.6 Å². The number of carbonyl (C=O) groups excluding carboxylic acids is 1. The predicted octanol–water partition coefficient (Wildman–Crippen LogP) is 1.76. The second kappa shape index (κ2) is 9.12. The van der Waals surface area contributed by atoms with Crippen molar-refractivity contribution in [3.63, 3.8) is 0 Å². The molecule has 0 radical (unpaired) electrons. The first kappa shape index (κ1) is 19.8. The van der Waals surface area contributed by atoms with Crippen LogP contribution in [-0.4, -0.2) is 49.7 Å². The predicted molar refractivity (Wildman–Crippen MR) is 86.7 cm³/mol. The Labute approximate surface area is 140 Å². The van der Waals surface area contributed by atoms with Crippen LogP contribution < -0.4 is 11.1 Å². The van der Waals surface area contributed by atoms with Crippen molar-refractivity contribution in [3.05, 3.63) is 29.8 Å². The van der Waals surface area contributed by atoms with Gasteiger partial charge in [-0.25, -0.2) is 8.78 Å². The second-order valence-corrected chi connectivity index (χ2v) is 5.41. The van der Waals surface area contributed by atoms with Crippen molar-refractivity contribution >= 4 is 24.0 Å². The molecular weight excluding hydrogens is 328 g/mol. The smallest absolute Gasteiger partial charge is 0.238 e. The van der Waals surface area contributed by atoms with E-state index in [1.807, 2.05) is 4.90 Å². The van der Waals surface area contributed by atoms with Crippen LogP contribution in [0.1, 0.15) is 12.8 Å². The molecule has 1 aromatic rings. The van der Waals surface area contributed by atoms with Crippen LogP contribution in [0.4, 0.5) is 14.5 Å². The first-order valence-corrected chi connectivity index (χ1v) is 7.25. The quantitative estimate of drug-likeness (QED) is 0.850. The Morgan fingerprint density at radius 1 is 1.48 bits per heavy atom. The minimum atomic E-state index is -0.664. The van der Waals surface area contributed by atoms with E-state index in [2.05, 4.69) is 5.32 Å².